The van der Waals surface area contributed by atoms with E-state index in [1.54, 1.807) is 7.11 Å². The standard InChI is InChI=1S/C15H19NO3/c1-10(17)15(18)16-8-7-12-4-3-11-5-6-13(19-2)9-14(11)12/h5-6,9,12H,3-4,7-8H2,1-2H3,(H,16,18)/t12-/m0/s1. The third-order valence-electron chi connectivity index (χ3n) is 3.65. The number of fused-ring (bicyclic) bond motifs is 1. The molecule has 0 spiro atoms. The Labute approximate surface area is 113 Å². The molecule has 0 bridgehead atoms. The molecule has 4 nitrogen and oxygen atoms in total. The number of benzene rings is 1. The van der Waals surface area contributed by atoms with Crippen molar-refractivity contribution in [1.82, 2.24) is 5.32 Å². The smallest absolute Gasteiger partial charge is 0.287 e. The van der Waals surface area contributed by atoms with E-state index >= 15 is 0 Å². The van der Waals surface area contributed by atoms with E-state index in [0.29, 0.717) is 12.5 Å². The van der Waals surface area contributed by atoms with Gasteiger partial charge in [-0.1, -0.05) is 6.07 Å². The molecular weight excluding hydrogens is 242 g/mol. The molecule has 1 N–H and O–H groups in total. The molecule has 19 heavy (non-hydrogen) atoms. The summed E-state index contributed by atoms with van der Waals surface area (Å²) in [7, 11) is 1.67. The predicted octanol–water partition coefficient (Wildman–Crippen LogP) is 1.82. The first-order valence-electron chi connectivity index (χ1n) is 6.57. The van der Waals surface area contributed by atoms with Gasteiger partial charge in [-0.25, -0.2) is 0 Å². The number of Topliss-reactive ketones (excluding diaryl/α,β-unsaturated/α-hetero) is 1. The summed E-state index contributed by atoms with van der Waals surface area (Å²) in [5.74, 6) is 0.383. The molecule has 1 atom stereocenters. The van der Waals surface area contributed by atoms with Crippen molar-refractivity contribution in [1.29, 1.82) is 0 Å². The van der Waals surface area contributed by atoms with E-state index in [0.717, 1.165) is 25.0 Å². The van der Waals surface area contributed by atoms with Crippen LogP contribution < -0.4 is 10.1 Å². The number of aryl methyl sites for hydroxylation is 1. The Kier molecular flexibility index (Phi) is 4.20. The van der Waals surface area contributed by atoms with E-state index in [1.807, 2.05) is 6.07 Å². The van der Waals surface area contributed by atoms with Gasteiger partial charge in [-0.3, -0.25) is 9.59 Å². The zero-order chi connectivity index (χ0) is 13.8. The van der Waals surface area contributed by atoms with Gasteiger partial charge in [0.25, 0.3) is 5.91 Å². The van der Waals surface area contributed by atoms with Crippen LogP contribution in [0.4, 0.5) is 0 Å². The molecule has 0 heterocycles. The monoisotopic (exact) mass is 261 g/mol. The van der Waals surface area contributed by atoms with Crippen LogP contribution in [0.3, 0.4) is 0 Å². The van der Waals surface area contributed by atoms with Crippen molar-refractivity contribution in [2.45, 2.75) is 32.1 Å². The highest BCUT2D eigenvalue weighted by Gasteiger charge is 2.22. The third-order valence-corrected chi connectivity index (χ3v) is 3.65. The van der Waals surface area contributed by atoms with Gasteiger partial charge in [0.05, 0.1) is 7.11 Å². The van der Waals surface area contributed by atoms with Crippen LogP contribution in [0.1, 0.15) is 36.8 Å². The summed E-state index contributed by atoms with van der Waals surface area (Å²) in [4.78, 5) is 22.0. The first-order chi connectivity index (χ1) is 9.11. The Hall–Kier alpha value is -1.84. The number of carbonyl (C=O) groups is 2. The Bertz CT molecular complexity index is 496. The highest BCUT2D eigenvalue weighted by atomic mass is 16.5. The lowest BCUT2D eigenvalue weighted by Crippen LogP contribution is -2.30. The van der Waals surface area contributed by atoms with Gasteiger partial charge < -0.3 is 10.1 Å². The lowest BCUT2D eigenvalue weighted by Gasteiger charge is -2.12. The summed E-state index contributed by atoms with van der Waals surface area (Å²) < 4.78 is 5.25. The summed E-state index contributed by atoms with van der Waals surface area (Å²) in [6.45, 7) is 1.82. The molecule has 0 radical (unpaired) electrons. The Balaban J connectivity index is 1.94. The second-order valence-electron chi connectivity index (χ2n) is 4.90. The van der Waals surface area contributed by atoms with Crippen molar-refractivity contribution in [3.8, 4) is 5.75 Å². The molecule has 1 aromatic rings. The summed E-state index contributed by atoms with van der Waals surface area (Å²) in [5, 5.41) is 2.65. The van der Waals surface area contributed by atoms with Crippen LogP contribution in [0.25, 0.3) is 0 Å². The molecule has 0 saturated carbocycles. The number of amides is 1. The highest BCUT2D eigenvalue weighted by molar-refractivity contribution is 6.35. The summed E-state index contributed by atoms with van der Waals surface area (Å²) in [6.07, 6.45) is 3.03. The second-order valence-corrected chi connectivity index (χ2v) is 4.90. The Morgan fingerprint density at radius 3 is 2.89 bits per heavy atom. The van der Waals surface area contributed by atoms with Crippen LogP contribution in [-0.2, 0) is 16.0 Å². The van der Waals surface area contributed by atoms with E-state index in [2.05, 4.69) is 17.4 Å². The zero-order valence-electron chi connectivity index (χ0n) is 11.4. The molecule has 2 rings (SSSR count). The summed E-state index contributed by atoms with van der Waals surface area (Å²) >= 11 is 0. The lowest BCUT2D eigenvalue weighted by molar-refractivity contribution is -0.136. The average Bonchev–Trinajstić information content (AvgIpc) is 2.81. The van der Waals surface area contributed by atoms with Crippen molar-refractivity contribution in [2.24, 2.45) is 0 Å². The van der Waals surface area contributed by atoms with Crippen LogP contribution >= 0.6 is 0 Å². The molecule has 0 unspecified atom stereocenters. The maximum Gasteiger partial charge on any atom is 0.287 e. The summed E-state index contributed by atoms with van der Waals surface area (Å²) in [6, 6.07) is 6.18. The van der Waals surface area contributed by atoms with Gasteiger partial charge in [-0.05, 0) is 48.4 Å². The number of methoxy groups -OCH3 is 1. The number of rotatable bonds is 5. The van der Waals surface area contributed by atoms with E-state index in [4.69, 9.17) is 4.74 Å². The van der Waals surface area contributed by atoms with Crippen molar-refractivity contribution >= 4 is 11.7 Å². The largest absolute Gasteiger partial charge is 0.497 e. The Morgan fingerprint density at radius 1 is 1.42 bits per heavy atom. The van der Waals surface area contributed by atoms with E-state index in [9.17, 15) is 9.59 Å². The number of hydrogen-bond donors (Lipinski definition) is 1. The van der Waals surface area contributed by atoms with E-state index < -0.39 is 11.7 Å². The first kappa shape index (κ1) is 13.6. The first-order valence-corrected chi connectivity index (χ1v) is 6.57. The van der Waals surface area contributed by atoms with Crippen LogP contribution in [0.2, 0.25) is 0 Å². The Morgan fingerprint density at radius 2 is 2.21 bits per heavy atom. The van der Waals surface area contributed by atoms with Gasteiger partial charge in [0.2, 0.25) is 5.78 Å². The van der Waals surface area contributed by atoms with Crippen LogP contribution in [0.15, 0.2) is 18.2 Å². The van der Waals surface area contributed by atoms with Gasteiger partial charge in [-0.15, -0.1) is 0 Å². The molecule has 0 saturated heterocycles. The second kappa shape index (κ2) is 5.87. The average molecular weight is 261 g/mol. The minimum Gasteiger partial charge on any atom is -0.497 e. The molecule has 0 aromatic heterocycles. The van der Waals surface area contributed by atoms with Gasteiger partial charge in [-0.2, -0.15) is 0 Å². The van der Waals surface area contributed by atoms with Crippen molar-refractivity contribution in [3.05, 3.63) is 29.3 Å². The van der Waals surface area contributed by atoms with Crippen molar-refractivity contribution in [2.75, 3.05) is 13.7 Å². The predicted molar refractivity (Wildman–Crippen MR) is 72.4 cm³/mol. The molecule has 0 fully saturated rings. The number of carbonyl (C=O) groups excluding carboxylic acids is 2. The molecule has 4 heteroatoms. The number of nitrogens with one attached hydrogen (secondary N) is 1. The molecule has 0 aliphatic heterocycles. The maximum atomic E-state index is 11.2. The van der Waals surface area contributed by atoms with Gasteiger partial charge >= 0.3 is 0 Å². The third kappa shape index (κ3) is 3.13. The highest BCUT2D eigenvalue weighted by Crippen LogP contribution is 2.37. The van der Waals surface area contributed by atoms with Gasteiger partial charge in [0.15, 0.2) is 0 Å². The quantitative estimate of drug-likeness (QED) is 0.823. The summed E-state index contributed by atoms with van der Waals surface area (Å²) in [5.41, 5.74) is 2.68. The normalized spacial score (nSPS) is 16.8. The molecule has 1 aromatic carbocycles. The topological polar surface area (TPSA) is 55.4 Å². The minimum absolute atomic E-state index is 0.437. The number of ether oxygens (including phenoxy) is 1. The zero-order valence-corrected chi connectivity index (χ0v) is 11.4. The number of ketones is 1. The minimum atomic E-state index is -0.496. The SMILES string of the molecule is COc1ccc2c(c1)[C@H](CCNC(=O)C(C)=O)CC2. The van der Waals surface area contributed by atoms with Crippen molar-refractivity contribution < 1.29 is 14.3 Å². The molecule has 1 amide bonds. The molecular formula is C15H19NO3. The van der Waals surface area contributed by atoms with Gasteiger partial charge in [0, 0.05) is 13.5 Å². The van der Waals surface area contributed by atoms with E-state index in [1.165, 1.54) is 18.1 Å². The van der Waals surface area contributed by atoms with E-state index in [-0.39, 0.29) is 0 Å². The van der Waals surface area contributed by atoms with Crippen molar-refractivity contribution in [3.63, 3.8) is 0 Å². The van der Waals surface area contributed by atoms with Crippen LogP contribution in [0, 0.1) is 0 Å². The van der Waals surface area contributed by atoms with Crippen LogP contribution in [0.5, 0.6) is 5.75 Å². The fourth-order valence-electron chi connectivity index (χ4n) is 2.58. The van der Waals surface area contributed by atoms with Gasteiger partial charge in [0.1, 0.15) is 5.75 Å². The fraction of sp³-hybridized carbons (Fsp3) is 0.467. The lowest BCUT2D eigenvalue weighted by atomic mass is 9.97. The fourth-order valence-corrected chi connectivity index (χ4v) is 2.58. The molecule has 1 aliphatic rings. The molecule has 102 valence electrons. The van der Waals surface area contributed by atoms with Crippen LogP contribution in [-0.4, -0.2) is 25.3 Å². The number of hydrogen-bond acceptors (Lipinski definition) is 3. The molecule has 1 aliphatic carbocycles. The maximum absolute atomic E-state index is 11.2.